The van der Waals surface area contributed by atoms with Crippen LogP contribution < -0.4 is 16.8 Å². The van der Waals surface area contributed by atoms with E-state index >= 15 is 0 Å². The number of nitrogens with two attached hydrogens (primary N) is 2. The first kappa shape index (κ1) is 122. The van der Waals surface area contributed by atoms with Crippen molar-refractivity contribution in [2.45, 2.75) is 468 Å². The van der Waals surface area contributed by atoms with Gasteiger partial charge in [0.25, 0.3) is 5.91 Å². The molecule has 47 nitrogen and oxygen atoms in total. The van der Waals surface area contributed by atoms with Crippen molar-refractivity contribution in [1.82, 2.24) is 14.9 Å². The molecular formula is C96H156Cl3N5O42. The highest BCUT2D eigenvalue weighted by Crippen LogP contribution is 2.46. The second-order valence-corrected chi connectivity index (χ2v) is 43.0. The van der Waals surface area contributed by atoms with Crippen molar-refractivity contribution in [2.75, 3.05) is 0 Å². The summed E-state index contributed by atoms with van der Waals surface area (Å²) in [6, 6.07) is -3.98. The quantitative estimate of drug-likeness (QED) is 0.0421. The monoisotopic (exact) mass is 2160 g/mol. The highest BCUT2D eigenvalue weighted by molar-refractivity contribution is 6.49. The predicted octanol–water partition coefficient (Wildman–Crippen LogP) is -1.89. The minimum atomic E-state index is -2.83. The largest absolute Gasteiger partial charge is 0.479 e. The van der Waals surface area contributed by atoms with Gasteiger partial charge < -0.3 is 204 Å². The number of esters is 2. The van der Waals surface area contributed by atoms with Gasteiger partial charge in [0, 0.05) is 86.9 Å². The number of hydroxylamine groups is 2. The van der Waals surface area contributed by atoms with Gasteiger partial charge in [-0.15, -0.1) is 0 Å². The zero-order valence-corrected chi connectivity index (χ0v) is 86.7. The number of nitrogens with one attached hydrogen (secondary N) is 1. The van der Waals surface area contributed by atoms with E-state index in [0.29, 0.717) is 0 Å². The molecule has 10 aliphatic heterocycles. The van der Waals surface area contributed by atoms with E-state index in [-0.39, 0.29) is 96.6 Å². The van der Waals surface area contributed by atoms with Crippen LogP contribution in [0.2, 0.25) is 15.2 Å². The van der Waals surface area contributed by atoms with E-state index in [1.54, 1.807) is 48.5 Å². The summed E-state index contributed by atoms with van der Waals surface area (Å²) in [5, 5.41) is 258. The molecule has 27 N–H and O–H groups in total. The Labute approximate surface area is 861 Å². The lowest BCUT2D eigenvalue weighted by Crippen LogP contribution is -2.67. The third kappa shape index (κ3) is 29.0. The molecule has 0 spiro atoms. The average molecular weight is 2160 g/mol. The van der Waals surface area contributed by atoms with Gasteiger partial charge in [-0.3, -0.25) is 10.0 Å². The Morgan fingerprint density at radius 1 is 0.534 bits per heavy atom. The number of halogens is 3. The molecule has 11 heterocycles. The molecule has 53 atom stereocenters. The zero-order valence-electron chi connectivity index (χ0n) is 84.4. The van der Waals surface area contributed by atoms with Crippen LogP contribution in [0, 0.1) is 41.4 Å². The molecule has 146 heavy (non-hydrogen) atoms. The van der Waals surface area contributed by atoms with Crippen molar-refractivity contribution < 1.29 is 207 Å². The number of carboxylic acids is 1. The van der Waals surface area contributed by atoms with Gasteiger partial charge in [-0.1, -0.05) is 89.3 Å². The van der Waals surface area contributed by atoms with E-state index in [1.165, 1.54) is 66.2 Å². The average Bonchev–Trinajstić information content (AvgIpc) is 1.22. The van der Waals surface area contributed by atoms with Gasteiger partial charge >= 0.3 is 17.9 Å². The summed E-state index contributed by atoms with van der Waals surface area (Å²) >= 11 is 19.1. The predicted molar refractivity (Wildman–Crippen MR) is 506 cm³/mol. The number of carbonyl (C=O) groups excluding carboxylic acids is 3. The number of ether oxygens (including phenoxy) is 16. The number of epoxide rings is 1. The molecule has 8 saturated heterocycles. The number of fused-ring (bicyclic) bond motifs is 3. The van der Waals surface area contributed by atoms with Gasteiger partial charge in [-0.05, 0) is 118 Å². The van der Waals surface area contributed by atoms with Crippen LogP contribution in [0.1, 0.15) is 197 Å². The van der Waals surface area contributed by atoms with E-state index in [2.05, 4.69) is 5.32 Å². The van der Waals surface area contributed by atoms with Crippen molar-refractivity contribution in [2.24, 2.45) is 59.9 Å². The van der Waals surface area contributed by atoms with Crippen LogP contribution in [-0.2, 0) is 97.2 Å². The summed E-state index contributed by atoms with van der Waals surface area (Å²) in [6.45, 7) is 21.5. The number of aliphatic carboxylic acids is 1. The van der Waals surface area contributed by atoms with Gasteiger partial charge in [0.15, 0.2) is 49.6 Å². The molecule has 838 valence electrons. The minimum Gasteiger partial charge on any atom is -0.479 e. The third-order valence-electron chi connectivity index (χ3n) is 31.1. The number of hydrogen-bond acceptors (Lipinski definition) is 44. The van der Waals surface area contributed by atoms with E-state index in [1.807, 2.05) is 0 Å². The Balaban J connectivity index is 0.791. The van der Waals surface area contributed by atoms with E-state index < -0.39 is 377 Å². The summed E-state index contributed by atoms with van der Waals surface area (Å²) < 4.78 is 101. The van der Waals surface area contributed by atoms with Gasteiger partial charge in [-0.2, -0.15) is 0 Å². The number of carboxylic acid groups (broad SMARTS) is 1. The zero-order chi connectivity index (χ0) is 108. The molecule has 0 saturated carbocycles. The second kappa shape index (κ2) is 52.3. The van der Waals surface area contributed by atoms with Gasteiger partial charge in [0.1, 0.15) is 96.3 Å². The van der Waals surface area contributed by atoms with Crippen molar-refractivity contribution in [3.63, 3.8) is 0 Å². The Hall–Kier alpha value is -4.59. The van der Waals surface area contributed by atoms with Gasteiger partial charge in [-0.25, -0.2) is 19.4 Å². The lowest BCUT2D eigenvalue weighted by Gasteiger charge is -2.51. The number of aromatic nitrogens is 1. The number of amides is 1. The fourth-order valence-corrected chi connectivity index (χ4v) is 21.8. The fourth-order valence-electron chi connectivity index (χ4n) is 21.1. The molecule has 0 aliphatic carbocycles. The van der Waals surface area contributed by atoms with E-state index in [4.69, 9.17) is 122 Å². The first-order chi connectivity index (χ1) is 68.3. The van der Waals surface area contributed by atoms with Crippen molar-refractivity contribution in [3.05, 3.63) is 56.6 Å². The highest BCUT2D eigenvalue weighted by Gasteiger charge is 2.60. The topological polar surface area (TPSA) is 737 Å². The lowest BCUT2D eigenvalue weighted by molar-refractivity contribution is -0.398. The van der Waals surface area contributed by atoms with Crippen LogP contribution in [0.15, 0.2) is 35.7 Å². The van der Waals surface area contributed by atoms with Crippen LogP contribution in [0.5, 0.6) is 0 Å². The fraction of sp³-hybridized carbons (Fsp3) is 0.854. The van der Waals surface area contributed by atoms with E-state index in [9.17, 15) is 132 Å². The number of aliphatic hydroxyl groups excluding tert-OH is 19. The molecule has 22 unspecified atom stereocenters. The van der Waals surface area contributed by atoms with Gasteiger partial charge in [0.2, 0.25) is 0 Å². The van der Waals surface area contributed by atoms with Crippen LogP contribution in [-0.4, -0.2) is 427 Å². The first-order valence-electron chi connectivity index (χ1n) is 50.4. The number of nitrogens with zero attached hydrogens (tertiary/aromatic N) is 2. The molecule has 8 fully saturated rings. The molecule has 11 rings (SSSR count). The highest BCUT2D eigenvalue weighted by atomic mass is 35.5. The van der Waals surface area contributed by atoms with Gasteiger partial charge in [0.05, 0.1) is 168 Å². The van der Waals surface area contributed by atoms with Crippen LogP contribution in [0.25, 0.3) is 0 Å². The second-order valence-electron chi connectivity index (χ2n) is 41.9. The number of cyclic esters (lactones) is 1. The van der Waals surface area contributed by atoms with Crippen LogP contribution >= 0.6 is 34.8 Å². The van der Waals surface area contributed by atoms with Crippen molar-refractivity contribution in [1.29, 1.82) is 0 Å². The van der Waals surface area contributed by atoms with Crippen molar-refractivity contribution >= 4 is 58.6 Å². The summed E-state index contributed by atoms with van der Waals surface area (Å²) in [6.07, 6.45) is -59.7. The Bertz CT molecular complexity index is 4420. The van der Waals surface area contributed by atoms with Crippen LogP contribution in [0.4, 0.5) is 0 Å². The molecule has 1 amide bonds. The number of rotatable bonds is 23. The Morgan fingerprint density at radius 2 is 1.11 bits per heavy atom. The standard InChI is InChI=1S/C96H156Cl3N5O42/c1-34-22-23-49(106)27-50(107)26-48(105)18-16-21-62(115)140-80(39(6)74(117)38(5)73(116)35(2)41(8)131-65-32-60(139-92(127)51-24-25-104(130)72(69(51)101)91(125)126)70(43(10)133-65)102-90(124)71-66(97)67(98)89(99)103(71)15)40(7)81-83(143-81)53(109)20-17-19-52(108)36(3)54(110)28-55(111)37(4)59-29-58(114)88(123)96(129,146-59)33-61(34)138-84-76(119)45(12)137-95(78(84)121)145-87-86(142-63-30-56(112)68(100)42(9)132-63)82(47(14)135-93(87)128)144-94-79(122)85(77(120)46(13)136-94)141-64-31-57(113)75(118)44(11)134-64/h16,21,24-25,34-50,52-61,63-65,68,70,72-88,93-95,105-114,116-123,128-130H,17-20,22-23,26-33,100-101H2,1-15H3,(H,102,124)(H,125,126)/t34?,35?,36?,37?,38?,39?,40?,41?,42-,43-,44-,45-,46-,47-,48?,49?,50?,52?,53?,54?,55?,56-,57-,58+,59+,60-,61?,63+,64+,65-,68-,70-,72?,73?,74?,75-,76-,77-,78-,79-,80?,81?,82-,83?,84+,85+,86+,87-,88-,93-,94+,95+,96-/m1/s1. The van der Waals surface area contributed by atoms with E-state index in [0.717, 1.165) is 18.4 Å². The molecule has 0 aromatic carbocycles. The normalized spacial score (nSPS) is 45.2. The third-order valence-corrected chi connectivity index (χ3v) is 32.5. The molecule has 2 bridgehead atoms. The Morgan fingerprint density at radius 3 is 1.72 bits per heavy atom. The minimum absolute atomic E-state index is 0.00441. The number of hydrogen-bond donors (Lipinski definition) is 25. The molecular weight excluding hydrogens is 2000 g/mol. The lowest BCUT2D eigenvalue weighted by atomic mass is 9.77. The maximum absolute atomic E-state index is 14.2. The molecule has 50 heteroatoms. The van der Waals surface area contributed by atoms with Crippen LogP contribution in [0.3, 0.4) is 0 Å². The van der Waals surface area contributed by atoms with Crippen molar-refractivity contribution in [3.8, 4) is 0 Å². The summed E-state index contributed by atoms with van der Waals surface area (Å²) in [5.74, 6) is -14.2. The molecule has 10 aliphatic rings. The summed E-state index contributed by atoms with van der Waals surface area (Å²) in [5.41, 5.74) is 11.2. The molecule has 1 aromatic heterocycles. The number of aliphatic hydroxyl groups is 20. The Kier molecular flexibility index (Phi) is 43.6. The maximum atomic E-state index is 14.2. The SMILES string of the molecule is CC1CCC(O)CC(O)CC(O)CC=CC(=O)OC(C(C)C(O)C(C)C(O)C(C)C(C)O[C@H]2C[C@@H](OC(=O)C3=C(N)C(C(=O)O)N(O)C=C3)[C@H](NC(=O)c3c(Cl)c(Cl)c(Cl)n3C)[C@@H](C)O2)C(C)C2OC2C(O)CCCC(O)C(C)C(O)CC(O)C(C)[C@@H]2C[C@H](O)[C@@H](O)[C@@](O)(CC1O[C@@H]1[C@@H](O)[C@H](O[C@@H]3[C@@H](O[C@H]4C[C@@H](O)[C@H](N)[C@@H](C)O4)[C@H](O[C@@H]4O[C@H](C)[C@@H](O)[C@H](O[C@H]5C[C@@H](O)[C@H](O)[C@@H](C)O5)[C@H]4O)[C@@H](C)O[C@H]3O)O[C@H](C)[C@H]1O)O2. The smallest absolute Gasteiger partial charge is 0.340 e. The molecule has 0 radical (unpaired) electrons. The number of carbonyl (C=O) groups is 4. The maximum Gasteiger partial charge on any atom is 0.340 e. The summed E-state index contributed by atoms with van der Waals surface area (Å²) in [7, 11) is 1.43. The molecule has 1 aromatic rings. The first-order valence-corrected chi connectivity index (χ1v) is 51.5. The summed E-state index contributed by atoms with van der Waals surface area (Å²) in [4.78, 5) is 54.4.